The third-order valence-corrected chi connectivity index (χ3v) is 5.41. The Balaban J connectivity index is 1.51. The van der Waals surface area contributed by atoms with Crippen molar-refractivity contribution in [2.45, 2.75) is 36.9 Å². The van der Waals surface area contributed by atoms with Gasteiger partial charge in [-0.25, -0.2) is 0 Å². The van der Waals surface area contributed by atoms with Gasteiger partial charge in [-0.3, -0.25) is 4.79 Å². The molecule has 0 atom stereocenters. The maximum Gasteiger partial charge on any atom is 0.233 e. The number of nitrogens with zero attached hydrogens (tertiary/aromatic N) is 1. The Morgan fingerprint density at radius 2 is 1.74 bits per heavy atom. The number of hydrogen-bond donors (Lipinski definition) is 0. The van der Waals surface area contributed by atoms with Gasteiger partial charge in [0.2, 0.25) is 5.91 Å². The Morgan fingerprint density at radius 3 is 2.35 bits per heavy atom. The fraction of sp³-hybridized carbons (Fsp3) is 0.611. The van der Waals surface area contributed by atoms with Crippen molar-refractivity contribution >= 4 is 5.91 Å². The number of ether oxygens (including phenoxy) is 3. The van der Waals surface area contributed by atoms with Crippen LogP contribution in [0.25, 0.3) is 0 Å². The Labute approximate surface area is 136 Å². The molecule has 2 saturated heterocycles. The third kappa shape index (κ3) is 2.42. The van der Waals surface area contributed by atoms with Gasteiger partial charge in [-0.2, -0.15) is 0 Å². The van der Waals surface area contributed by atoms with Crippen LogP contribution in [0.2, 0.25) is 0 Å². The molecule has 2 heterocycles. The topological polar surface area (TPSA) is 48.0 Å². The molecule has 1 aliphatic carbocycles. The first-order valence-corrected chi connectivity index (χ1v) is 8.40. The van der Waals surface area contributed by atoms with E-state index >= 15 is 0 Å². The van der Waals surface area contributed by atoms with Crippen LogP contribution in [-0.2, 0) is 19.7 Å². The molecule has 1 aromatic rings. The van der Waals surface area contributed by atoms with Crippen LogP contribution in [0.1, 0.15) is 31.2 Å². The van der Waals surface area contributed by atoms with Crippen LogP contribution in [0.3, 0.4) is 0 Å². The van der Waals surface area contributed by atoms with E-state index in [4.69, 9.17) is 14.2 Å². The SMILES string of the molecule is COc1ccccc1C1(C(=O)N2CCC3(CC2)OCCO3)CC1. The quantitative estimate of drug-likeness (QED) is 0.856. The molecule has 5 nitrogen and oxygen atoms in total. The zero-order chi connectivity index (χ0) is 15.9. The van der Waals surface area contributed by atoms with Gasteiger partial charge in [-0.05, 0) is 18.9 Å². The lowest BCUT2D eigenvalue weighted by molar-refractivity contribution is -0.188. The van der Waals surface area contributed by atoms with E-state index in [1.807, 2.05) is 29.2 Å². The number of piperidine rings is 1. The smallest absolute Gasteiger partial charge is 0.233 e. The van der Waals surface area contributed by atoms with Crippen LogP contribution >= 0.6 is 0 Å². The molecule has 4 rings (SSSR count). The van der Waals surface area contributed by atoms with Crippen LogP contribution in [0.4, 0.5) is 0 Å². The predicted octanol–water partition coefficient (Wildman–Crippen LogP) is 2.09. The fourth-order valence-electron chi connectivity index (χ4n) is 3.90. The number of amides is 1. The summed E-state index contributed by atoms with van der Waals surface area (Å²) in [7, 11) is 1.67. The molecule has 0 bridgehead atoms. The zero-order valence-corrected chi connectivity index (χ0v) is 13.5. The molecule has 2 aliphatic heterocycles. The van der Waals surface area contributed by atoms with E-state index in [1.165, 1.54) is 0 Å². The molecule has 0 radical (unpaired) electrons. The number of carbonyl (C=O) groups is 1. The Hall–Kier alpha value is -1.59. The summed E-state index contributed by atoms with van der Waals surface area (Å²) >= 11 is 0. The van der Waals surface area contributed by atoms with E-state index in [-0.39, 0.29) is 11.3 Å². The first-order chi connectivity index (χ1) is 11.2. The second kappa shape index (κ2) is 5.49. The second-order valence-corrected chi connectivity index (χ2v) is 6.68. The number of methoxy groups -OCH3 is 1. The molecule has 3 aliphatic rings. The summed E-state index contributed by atoms with van der Waals surface area (Å²) in [6, 6.07) is 7.89. The molecular formula is C18H23NO4. The molecule has 5 heteroatoms. The minimum absolute atomic E-state index is 0.231. The molecule has 0 N–H and O–H groups in total. The highest BCUT2D eigenvalue weighted by atomic mass is 16.7. The summed E-state index contributed by atoms with van der Waals surface area (Å²) in [5.74, 6) is 0.613. The molecule has 124 valence electrons. The average Bonchev–Trinajstić information content (AvgIpc) is 3.30. The summed E-state index contributed by atoms with van der Waals surface area (Å²) in [5, 5.41) is 0. The van der Waals surface area contributed by atoms with Crippen molar-refractivity contribution in [3.63, 3.8) is 0 Å². The second-order valence-electron chi connectivity index (χ2n) is 6.68. The van der Waals surface area contributed by atoms with E-state index in [2.05, 4.69) is 0 Å². The van der Waals surface area contributed by atoms with Crippen LogP contribution in [0, 0.1) is 0 Å². The van der Waals surface area contributed by atoms with E-state index in [9.17, 15) is 4.79 Å². The van der Waals surface area contributed by atoms with Gasteiger partial charge in [0.15, 0.2) is 5.79 Å². The Morgan fingerprint density at radius 1 is 1.09 bits per heavy atom. The van der Waals surface area contributed by atoms with Gasteiger partial charge in [0, 0.05) is 31.5 Å². The van der Waals surface area contributed by atoms with E-state index in [1.54, 1.807) is 7.11 Å². The Kier molecular flexibility index (Phi) is 3.58. The van der Waals surface area contributed by atoms with Gasteiger partial charge in [0.05, 0.1) is 25.7 Å². The number of likely N-dealkylation sites (tertiary alicyclic amines) is 1. The van der Waals surface area contributed by atoms with Gasteiger partial charge in [0.25, 0.3) is 0 Å². The third-order valence-electron chi connectivity index (χ3n) is 5.41. The highest BCUT2D eigenvalue weighted by molar-refractivity contribution is 5.92. The van der Waals surface area contributed by atoms with Crippen molar-refractivity contribution in [2.75, 3.05) is 33.4 Å². The van der Waals surface area contributed by atoms with E-state index in [0.717, 1.165) is 37.0 Å². The summed E-state index contributed by atoms with van der Waals surface area (Å²) in [4.78, 5) is 15.1. The normalized spacial score (nSPS) is 24.7. The molecule has 1 saturated carbocycles. The largest absolute Gasteiger partial charge is 0.496 e. The highest BCUT2D eigenvalue weighted by Gasteiger charge is 2.55. The maximum atomic E-state index is 13.1. The first-order valence-electron chi connectivity index (χ1n) is 8.40. The fourth-order valence-corrected chi connectivity index (χ4v) is 3.90. The number of benzene rings is 1. The lowest BCUT2D eigenvalue weighted by Crippen LogP contribution is -2.50. The number of hydrogen-bond acceptors (Lipinski definition) is 4. The summed E-state index contributed by atoms with van der Waals surface area (Å²) in [6.45, 7) is 2.74. The predicted molar refractivity (Wildman–Crippen MR) is 84.4 cm³/mol. The van der Waals surface area contributed by atoms with Crippen LogP contribution < -0.4 is 4.74 Å². The van der Waals surface area contributed by atoms with Crippen LogP contribution in [0.15, 0.2) is 24.3 Å². The minimum Gasteiger partial charge on any atom is -0.496 e. The van der Waals surface area contributed by atoms with E-state index in [0.29, 0.717) is 26.3 Å². The summed E-state index contributed by atoms with van der Waals surface area (Å²) < 4.78 is 17.0. The van der Waals surface area contributed by atoms with Crippen LogP contribution in [0.5, 0.6) is 5.75 Å². The van der Waals surface area contributed by atoms with Gasteiger partial charge < -0.3 is 19.1 Å². The zero-order valence-electron chi connectivity index (χ0n) is 13.5. The molecule has 1 aromatic carbocycles. The van der Waals surface area contributed by atoms with Crippen molar-refractivity contribution in [2.24, 2.45) is 0 Å². The highest BCUT2D eigenvalue weighted by Crippen LogP contribution is 2.53. The molecule has 3 fully saturated rings. The lowest BCUT2D eigenvalue weighted by atomic mass is 9.92. The van der Waals surface area contributed by atoms with Crippen molar-refractivity contribution < 1.29 is 19.0 Å². The van der Waals surface area contributed by atoms with Crippen LogP contribution in [-0.4, -0.2) is 50.0 Å². The first kappa shape index (κ1) is 15.0. The summed E-state index contributed by atoms with van der Waals surface area (Å²) in [5.41, 5.74) is 0.648. The van der Waals surface area contributed by atoms with Gasteiger partial charge in [-0.15, -0.1) is 0 Å². The number of para-hydroxylation sites is 1. The summed E-state index contributed by atoms with van der Waals surface area (Å²) in [6.07, 6.45) is 3.34. The Bertz CT molecular complexity index is 595. The minimum atomic E-state index is -0.433. The van der Waals surface area contributed by atoms with Crippen molar-refractivity contribution in [3.05, 3.63) is 29.8 Å². The molecule has 1 amide bonds. The average molecular weight is 317 g/mol. The molecule has 23 heavy (non-hydrogen) atoms. The monoisotopic (exact) mass is 317 g/mol. The standard InChI is InChI=1S/C18H23NO4/c1-21-15-5-3-2-4-14(15)17(6-7-17)16(20)19-10-8-18(9-11-19)22-12-13-23-18/h2-5H,6-13H2,1H3. The van der Waals surface area contributed by atoms with Gasteiger partial charge in [-0.1, -0.05) is 18.2 Å². The van der Waals surface area contributed by atoms with Crippen molar-refractivity contribution in [1.82, 2.24) is 4.90 Å². The number of rotatable bonds is 3. The molecule has 0 aromatic heterocycles. The number of carbonyl (C=O) groups excluding carboxylic acids is 1. The maximum absolute atomic E-state index is 13.1. The van der Waals surface area contributed by atoms with Crippen molar-refractivity contribution in [3.8, 4) is 5.75 Å². The lowest BCUT2D eigenvalue weighted by Gasteiger charge is -2.39. The van der Waals surface area contributed by atoms with Crippen molar-refractivity contribution in [1.29, 1.82) is 0 Å². The molecule has 1 spiro atoms. The van der Waals surface area contributed by atoms with E-state index < -0.39 is 5.79 Å². The molecule has 0 unspecified atom stereocenters. The van der Waals surface area contributed by atoms with Gasteiger partial charge in [0.1, 0.15) is 5.75 Å². The van der Waals surface area contributed by atoms with Gasteiger partial charge >= 0.3 is 0 Å². The molecular weight excluding hydrogens is 294 g/mol.